The van der Waals surface area contributed by atoms with Gasteiger partial charge in [-0.25, -0.2) is 4.79 Å². The van der Waals surface area contributed by atoms with Gasteiger partial charge in [0, 0.05) is 43.2 Å². The standard InChI is InChI=1S/C25H29N3O3/c29-23(20-10-9-18-5-4-6-19(18)17-20)11-12-24(30)26-22-13-15-28(16-14-22)25(31)27-21-7-2-1-3-8-21/h1-3,7-10,17,22H,4-6,11-16H2,(H,26,30)(H,27,31). The molecule has 162 valence electrons. The summed E-state index contributed by atoms with van der Waals surface area (Å²) in [7, 11) is 0. The summed E-state index contributed by atoms with van der Waals surface area (Å²) in [6, 6.07) is 15.3. The molecule has 0 aromatic heterocycles. The second-order valence-corrected chi connectivity index (χ2v) is 8.39. The zero-order valence-corrected chi connectivity index (χ0v) is 17.7. The van der Waals surface area contributed by atoms with E-state index in [1.165, 1.54) is 11.1 Å². The van der Waals surface area contributed by atoms with Gasteiger partial charge in [0.25, 0.3) is 0 Å². The topological polar surface area (TPSA) is 78.5 Å². The highest BCUT2D eigenvalue weighted by Gasteiger charge is 2.24. The first-order valence-corrected chi connectivity index (χ1v) is 11.1. The highest BCUT2D eigenvalue weighted by atomic mass is 16.2. The van der Waals surface area contributed by atoms with Crippen LogP contribution in [-0.4, -0.2) is 41.8 Å². The number of fused-ring (bicyclic) bond motifs is 1. The van der Waals surface area contributed by atoms with Crippen LogP contribution in [-0.2, 0) is 17.6 Å². The van der Waals surface area contributed by atoms with Gasteiger partial charge in [0.1, 0.15) is 0 Å². The number of piperidine rings is 1. The maximum Gasteiger partial charge on any atom is 0.321 e. The fraction of sp³-hybridized carbons (Fsp3) is 0.400. The number of benzene rings is 2. The van der Waals surface area contributed by atoms with E-state index in [2.05, 4.69) is 16.7 Å². The summed E-state index contributed by atoms with van der Waals surface area (Å²) >= 11 is 0. The van der Waals surface area contributed by atoms with Crippen LogP contribution in [0.3, 0.4) is 0 Å². The third-order valence-corrected chi connectivity index (χ3v) is 6.17. The lowest BCUT2D eigenvalue weighted by molar-refractivity contribution is -0.122. The Hall–Kier alpha value is -3.15. The number of hydrogen-bond acceptors (Lipinski definition) is 3. The van der Waals surface area contributed by atoms with Gasteiger partial charge < -0.3 is 15.5 Å². The number of urea groups is 1. The summed E-state index contributed by atoms with van der Waals surface area (Å²) in [5, 5.41) is 5.92. The Bertz CT molecular complexity index is 950. The summed E-state index contributed by atoms with van der Waals surface area (Å²) in [6.07, 6.45) is 5.15. The molecule has 1 fully saturated rings. The average molecular weight is 420 g/mol. The van der Waals surface area contributed by atoms with Crippen LogP contribution >= 0.6 is 0 Å². The van der Waals surface area contributed by atoms with Crippen molar-refractivity contribution < 1.29 is 14.4 Å². The van der Waals surface area contributed by atoms with Crippen molar-refractivity contribution in [2.75, 3.05) is 18.4 Å². The predicted molar refractivity (Wildman–Crippen MR) is 120 cm³/mol. The molecule has 3 amide bonds. The summed E-state index contributed by atoms with van der Waals surface area (Å²) in [6.45, 7) is 1.19. The van der Waals surface area contributed by atoms with Crippen molar-refractivity contribution in [3.8, 4) is 0 Å². The number of anilines is 1. The lowest BCUT2D eigenvalue weighted by Gasteiger charge is -2.32. The van der Waals surface area contributed by atoms with E-state index in [-0.39, 0.29) is 36.6 Å². The first kappa shape index (κ1) is 21.1. The number of carbonyl (C=O) groups excluding carboxylic acids is 3. The van der Waals surface area contributed by atoms with Crippen LogP contribution in [0.1, 0.15) is 53.6 Å². The summed E-state index contributed by atoms with van der Waals surface area (Å²) in [4.78, 5) is 39.0. The highest BCUT2D eigenvalue weighted by molar-refractivity contribution is 5.98. The molecule has 31 heavy (non-hydrogen) atoms. The molecule has 0 atom stereocenters. The number of rotatable bonds is 6. The van der Waals surface area contributed by atoms with E-state index in [1.54, 1.807) is 4.90 Å². The average Bonchev–Trinajstić information content (AvgIpc) is 3.26. The van der Waals surface area contributed by atoms with Crippen LogP contribution < -0.4 is 10.6 Å². The first-order chi connectivity index (χ1) is 15.1. The molecule has 1 saturated heterocycles. The number of Topliss-reactive ketones (excluding diaryl/α,β-unsaturated/α-hetero) is 1. The molecule has 0 saturated carbocycles. The lowest BCUT2D eigenvalue weighted by atomic mass is 10.0. The molecular weight excluding hydrogens is 390 g/mol. The minimum absolute atomic E-state index is 0.0252. The molecule has 2 aromatic rings. The molecule has 1 heterocycles. The van der Waals surface area contributed by atoms with E-state index in [1.807, 2.05) is 42.5 Å². The molecule has 2 aromatic carbocycles. The fourth-order valence-electron chi connectivity index (χ4n) is 4.37. The van der Waals surface area contributed by atoms with E-state index < -0.39 is 0 Å². The molecule has 6 heteroatoms. The van der Waals surface area contributed by atoms with Gasteiger partial charge in [0.15, 0.2) is 5.78 Å². The normalized spacial score (nSPS) is 15.9. The van der Waals surface area contributed by atoms with Gasteiger partial charge in [-0.2, -0.15) is 0 Å². The van der Waals surface area contributed by atoms with Crippen molar-refractivity contribution in [1.82, 2.24) is 10.2 Å². The van der Waals surface area contributed by atoms with E-state index in [4.69, 9.17) is 0 Å². The van der Waals surface area contributed by atoms with Crippen LogP contribution in [0, 0.1) is 0 Å². The summed E-state index contributed by atoms with van der Waals surface area (Å²) in [5.41, 5.74) is 4.11. The van der Waals surface area contributed by atoms with Gasteiger partial charge in [0.2, 0.25) is 5.91 Å². The van der Waals surface area contributed by atoms with E-state index in [0.29, 0.717) is 31.5 Å². The SMILES string of the molecule is O=C(CCC(=O)c1ccc2c(c1)CCC2)NC1CCN(C(=O)Nc2ccccc2)CC1. The number of ketones is 1. The van der Waals surface area contributed by atoms with Gasteiger partial charge in [-0.05, 0) is 61.4 Å². The number of amides is 3. The number of para-hydroxylation sites is 1. The van der Waals surface area contributed by atoms with E-state index >= 15 is 0 Å². The number of likely N-dealkylation sites (tertiary alicyclic amines) is 1. The monoisotopic (exact) mass is 419 g/mol. The predicted octanol–water partition coefficient (Wildman–Crippen LogP) is 3.95. The minimum atomic E-state index is -0.115. The third-order valence-electron chi connectivity index (χ3n) is 6.17. The van der Waals surface area contributed by atoms with Gasteiger partial charge in [-0.1, -0.05) is 30.3 Å². The molecule has 0 radical (unpaired) electrons. The maximum atomic E-state index is 12.5. The molecule has 1 aliphatic heterocycles. The van der Waals surface area contributed by atoms with Crippen molar-refractivity contribution in [3.63, 3.8) is 0 Å². The van der Waals surface area contributed by atoms with Gasteiger partial charge >= 0.3 is 6.03 Å². The van der Waals surface area contributed by atoms with Gasteiger partial charge in [-0.15, -0.1) is 0 Å². The number of aryl methyl sites for hydroxylation is 2. The Balaban J connectivity index is 1.18. The molecule has 2 N–H and O–H groups in total. The number of nitrogens with one attached hydrogen (secondary N) is 2. The summed E-state index contributed by atoms with van der Waals surface area (Å²) < 4.78 is 0. The van der Waals surface area contributed by atoms with E-state index in [9.17, 15) is 14.4 Å². The Labute approximate surface area is 183 Å². The number of carbonyl (C=O) groups is 3. The van der Waals surface area contributed by atoms with Crippen LogP contribution in [0.15, 0.2) is 48.5 Å². The molecule has 0 spiro atoms. The lowest BCUT2D eigenvalue weighted by Crippen LogP contribution is -2.47. The Morgan fingerprint density at radius 3 is 2.42 bits per heavy atom. The Kier molecular flexibility index (Phi) is 6.65. The molecule has 4 rings (SSSR count). The molecule has 6 nitrogen and oxygen atoms in total. The van der Waals surface area contributed by atoms with E-state index in [0.717, 1.165) is 24.9 Å². The quantitative estimate of drug-likeness (QED) is 0.696. The third kappa shape index (κ3) is 5.51. The van der Waals surface area contributed by atoms with Crippen LogP contribution in [0.4, 0.5) is 10.5 Å². The van der Waals surface area contributed by atoms with Crippen molar-refractivity contribution >= 4 is 23.4 Å². The fourth-order valence-corrected chi connectivity index (χ4v) is 4.37. The zero-order valence-electron chi connectivity index (χ0n) is 17.7. The van der Waals surface area contributed by atoms with Crippen molar-refractivity contribution in [3.05, 3.63) is 65.2 Å². The van der Waals surface area contributed by atoms with Crippen LogP contribution in [0.25, 0.3) is 0 Å². The second-order valence-electron chi connectivity index (χ2n) is 8.39. The Morgan fingerprint density at radius 2 is 1.65 bits per heavy atom. The zero-order chi connectivity index (χ0) is 21.6. The number of hydrogen-bond donors (Lipinski definition) is 2. The molecule has 2 aliphatic rings. The Morgan fingerprint density at radius 1 is 0.903 bits per heavy atom. The van der Waals surface area contributed by atoms with Crippen molar-refractivity contribution in [1.29, 1.82) is 0 Å². The first-order valence-electron chi connectivity index (χ1n) is 11.1. The smallest absolute Gasteiger partial charge is 0.321 e. The highest BCUT2D eigenvalue weighted by Crippen LogP contribution is 2.23. The second kappa shape index (κ2) is 9.77. The summed E-state index contributed by atoms with van der Waals surface area (Å²) in [5.74, 6) is -0.0704. The minimum Gasteiger partial charge on any atom is -0.353 e. The largest absolute Gasteiger partial charge is 0.353 e. The molecular formula is C25H29N3O3. The van der Waals surface area contributed by atoms with Crippen LogP contribution in [0.2, 0.25) is 0 Å². The van der Waals surface area contributed by atoms with Crippen molar-refractivity contribution in [2.45, 2.75) is 51.0 Å². The van der Waals surface area contributed by atoms with Crippen LogP contribution in [0.5, 0.6) is 0 Å². The number of nitrogens with zero attached hydrogens (tertiary/aromatic N) is 1. The maximum absolute atomic E-state index is 12.5. The van der Waals surface area contributed by atoms with Gasteiger partial charge in [0.05, 0.1) is 0 Å². The van der Waals surface area contributed by atoms with Gasteiger partial charge in [-0.3, -0.25) is 9.59 Å². The molecule has 0 unspecified atom stereocenters. The molecule has 0 bridgehead atoms. The van der Waals surface area contributed by atoms with Crippen molar-refractivity contribution in [2.24, 2.45) is 0 Å². The molecule has 1 aliphatic carbocycles.